The summed E-state index contributed by atoms with van der Waals surface area (Å²) in [5.41, 5.74) is 5.64. The third kappa shape index (κ3) is 4.73. The van der Waals surface area contributed by atoms with Gasteiger partial charge in [-0.2, -0.15) is 14.6 Å². The molecule has 4 aliphatic heterocycles. The van der Waals surface area contributed by atoms with Gasteiger partial charge in [0.05, 0.1) is 35.6 Å². The molecule has 9 rings (SSSR count). The van der Waals surface area contributed by atoms with E-state index in [1.807, 2.05) is 110 Å². The number of ketones is 1. The number of rotatable bonds is 4. The number of fused-ring (bicyclic) bond motifs is 8. The number of nitrogens with one attached hydrogen (secondary N) is 2. The molecule has 0 amide bonds. The Labute approximate surface area is 274 Å². The van der Waals surface area contributed by atoms with Gasteiger partial charge in [0.25, 0.3) is 5.78 Å². The molecule has 7 heterocycles. The highest BCUT2D eigenvalue weighted by molar-refractivity contribution is 6.20. The number of nitrogens with zero attached hydrogens (tertiary/aromatic N) is 6. The number of carbonyl (C=O) groups excluding carboxylic acids is 1. The lowest BCUT2D eigenvalue weighted by molar-refractivity contribution is 0.0909. The molecule has 0 radical (unpaired) electrons. The zero-order chi connectivity index (χ0) is 32.4. The molecule has 0 fully saturated rings. The molecular weight excluding hydrogens is 600 g/mol. The lowest BCUT2D eigenvalue weighted by Crippen LogP contribution is -2.46. The van der Waals surface area contributed by atoms with Crippen LogP contribution in [0.15, 0.2) is 124 Å². The summed E-state index contributed by atoms with van der Waals surface area (Å²) in [5, 5.41) is 12.0. The van der Waals surface area contributed by atoms with Crippen molar-refractivity contribution in [2.45, 2.75) is 18.9 Å². The molecular formula is C38H28N8O2. The fourth-order valence-electron chi connectivity index (χ4n) is 6.70. The van der Waals surface area contributed by atoms with Crippen molar-refractivity contribution in [3.8, 4) is 5.75 Å². The molecule has 4 aliphatic rings. The molecule has 8 bridgehead atoms. The molecule has 1 atom stereocenters. The first kappa shape index (κ1) is 27.9. The van der Waals surface area contributed by atoms with Crippen molar-refractivity contribution < 1.29 is 9.53 Å². The maximum absolute atomic E-state index is 15.0. The smallest absolute Gasteiger partial charge is 0.252 e. The van der Waals surface area contributed by atoms with E-state index in [0.29, 0.717) is 23.5 Å². The van der Waals surface area contributed by atoms with Gasteiger partial charge >= 0.3 is 0 Å². The van der Waals surface area contributed by atoms with Gasteiger partial charge in [0.2, 0.25) is 0 Å². The Morgan fingerprint density at radius 2 is 1.62 bits per heavy atom. The Morgan fingerprint density at radius 3 is 2.44 bits per heavy atom. The minimum Gasteiger partial charge on any atom is -0.497 e. The standard InChI is InChI=1S/C38H28N8O2/c1-22-13-35(46-37(41-22)39-21-40-46)33-20-38(36(47)25-4-3-24-15-32(48-2)12-5-23(24)14-25)19-31-11-10-29(44-31)17-27-7-6-26(42-27)16-28-8-9-30(43-28)18-34(33)45-38/h3-19,21,42,45H,20H2,1-2H3. The molecule has 5 aromatic rings. The average Bonchev–Trinajstić information content (AvgIpc) is 3.93. The summed E-state index contributed by atoms with van der Waals surface area (Å²) >= 11 is 0. The SMILES string of the molecule is COc1ccc2cc(C(=O)C34C=C5C=CC(=N5)C=c5ccc([nH]5)=CC5=NC(=CC(=C(c6cc(C)nc7ncnn67)C3)N4)C=C5)ccc2c1. The molecule has 0 aliphatic carbocycles. The number of aromatic amines is 1. The predicted molar refractivity (Wildman–Crippen MR) is 186 cm³/mol. The van der Waals surface area contributed by atoms with E-state index in [2.05, 4.69) is 25.4 Å². The van der Waals surface area contributed by atoms with Crippen LogP contribution in [0.1, 0.15) is 28.2 Å². The Bertz CT molecular complexity index is 2590. The Balaban J connectivity index is 1.27. The average molecular weight is 629 g/mol. The number of carbonyl (C=O) groups is 1. The first-order valence-electron chi connectivity index (χ1n) is 15.6. The van der Waals surface area contributed by atoms with E-state index in [4.69, 9.17) is 14.7 Å². The van der Waals surface area contributed by atoms with Crippen molar-refractivity contribution in [1.29, 1.82) is 0 Å². The highest BCUT2D eigenvalue weighted by Gasteiger charge is 2.45. The number of ether oxygens (including phenoxy) is 1. The van der Waals surface area contributed by atoms with Gasteiger partial charge in [0.1, 0.15) is 17.6 Å². The zero-order valence-corrected chi connectivity index (χ0v) is 26.1. The lowest BCUT2D eigenvalue weighted by atomic mass is 9.83. The minimum atomic E-state index is -1.19. The van der Waals surface area contributed by atoms with Crippen molar-refractivity contribution in [1.82, 2.24) is 29.9 Å². The summed E-state index contributed by atoms with van der Waals surface area (Å²) in [5.74, 6) is 1.16. The highest BCUT2D eigenvalue weighted by atomic mass is 16.5. The lowest BCUT2D eigenvalue weighted by Gasteiger charge is -2.27. The van der Waals surface area contributed by atoms with Gasteiger partial charge in [-0.25, -0.2) is 15.0 Å². The van der Waals surface area contributed by atoms with Crippen LogP contribution in [0.3, 0.4) is 0 Å². The molecule has 10 heteroatoms. The molecule has 0 spiro atoms. The van der Waals surface area contributed by atoms with Gasteiger partial charge in [0.15, 0.2) is 5.78 Å². The number of H-pyrrole nitrogens is 1. The second kappa shape index (κ2) is 10.6. The van der Waals surface area contributed by atoms with E-state index in [1.54, 1.807) is 11.6 Å². The topological polar surface area (TPSA) is 122 Å². The van der Waals surface area contributed by atoms with E-state index in [1.165, 1.54) is 6.33 Å². The van der Waals surface area contributed by atoms with E-state index in [9.17, 15) is 0 Å². The number of hydrogen-bond donors (Lipinski definition) is 2. The fourth-order valence-corrected chi connectivity index (χ4v) is 6.70. The first-order chi connectivity index (χ1) is 23.4. The van der Waals surface area contributed by atoms with Gasteiger partial charge in [-0.1, -0.05) is 18.2 Å². The van der Waals surface area contributed by atoms with Crippen molar-refractivity contribution in [2.75, 3.05) is 7.11 Å². The molecule has 232 valence electrons. The zero-order valence-electron chi connectivity index (χ0n) is 26.1. The van der Waals surface area contributed by atoms with E-state index >= 15 is 4.79 Å². The second-order valence-electron chi connectivity index (χ2n) is 12.2. The van der Waals surface area contributed by atoms with Gasteiger partial charge in [-0.05, 0) is 103 Å². The van der Waals surface area contributed by atoms with Crippen LogP contribution >= 0.6 is 0 Å². The number of allylic oxidation sites excluding steroid dienone is 5. The third-order valence-electron chi connectivity index (χ3n) is 8.93. The van der Waals surface area contributed by atoms with Crippen LogP contribution in [-0.4, -0.2) is 54.4 Å². The van der Waals surface area contributed by atoms with E-state index in [0.717, 1.165) is 67.0 Å². The normalized spacial score (nSPS) is 19.5. The van der Waals surface area contributed by atoms with Gasteiger partial charge in [0, 0.05) is 39.6 Å². The number of aromatic nitrogens is 5. The largest absolute Gasteiger partial charge is 0.497 e. The van der Waals surface area contributed by atoms with Crippen molar-refractivity contribution in [2.24, 2.45) is 9.98 Å². The summed E-state index contributed by atoms with van der Waals surface area (Å²) in [7, 11) is 1.65. The van der Waals surface area contributed by atoms with Crippen LogP contribution < -0.4 is 20.8 Å². The number of aliphatic imine (C=N–C) groups is 2. The summed E-state index contributed by atoms with van der Waals surface area (Å²) in [6, 6.07) is 17.6. The molecule has 48 heavy (non-hydrogen) atoms. The number of hydrogen-bond acceptors (Lipinski definition) is 8. The third-order valence-corrected chi connectivity index (χ3v) is 8.93. The molecule has 0 saturated carbocycles. The van der Waals surface area contributed by atoms with Crippen LogP contribution in [0.5, 0.6) is 5.75 Å². The fraction of sp³-hybridized carbons (Fsp3) is 0.105. The van der Waals surface area contributed by atoms with Gasteiger partial charge < -0.3 is 15.0 Å². The van der Waals surface area contributed by atoms with E-state index in [-0.39, 0.29) is 5.78 Å². The van der Waals surface area contributed by atoms with Crippen molar-refractivity contribution in [3.05, 3.63) is 142 Å². The Hall–Kier alpha value is -6.42. The van der Waals surface area contributed by atoms with E-state index < -0.39 is 5.54 Å². The quantitative estimate of drug-likeness (QED) is 0.286. The Kier molecular flexibility index (Phi) is 6.13. The van der Waals surface area contributed by atoms with Gasteiger partial charge in [-0.15, -0.1) is 0 Å². The van der Waals surface area contributed by atoms with Crippen molar-refractivity contribution >= 4 is 51.5 Å². The number of methoxy groups -OCH3 is 1. The predicted octanol–water partition coefficient (Wildman–Crippen LogP) is 4.31. The van der Waals surface area contributed by atoms with Gasteiger partial charge in [-0.3, -0.25) is 4.79 Å². The number of Topliss-reactive ketones (excluding diaryl/α,β-unsaturated/α-hetero) is 1. The molecule has 3 aromatic heterocycles. The summed E-state index contributed by atoms with van der Waals surface area (Å²) in [6.07, 6.45) is 17.6. The monoisotopic (exact) mass is 628 g/mol. The summed E-state index contributed by atoms with van der Waals surface area (Å²) in [4.78, 5) is 37.2. The molecule has 1 unspecified atom stereocenters. The minimum absolute atomic E-state index is 0.0881. The summed E-state index contributed by atoms with van der Waals surface area (Å²) < 4.78 is 7.15. The van der Waals surface area contributed by atoms with Crippen LogP contribution in [-0.2, 0) is 0 Å². The Morgan fingerprint density at radius 1 is 0.875 bits per heavy atom. The van der Waals surface area contributed by atoms with Crippen molar-refractivity contribution in [3.63, 3.8) is 0 Å². The number of benzene rings is 2. The highest BCUT2D eigenvalue weighted by Crippen LogP contribution is 2.40. The summed E-state index contributed by atoms with van der Waals surface area (Å²) in [6.45, 7) is 1.93. The molecule has 0 saturated heterocycles. The molecule has 2 aromatic carbocycles. The molecule has 10 nitrogen and oxygen atoms in total. The van der Waals surface area contributed by atoms with Crippen LogP contribution in [0.2, 0.25) is 0 Å². The van der Waals surface area contributed by atoms with Crippen LogP contribution in [0.25, 0.3) is 34.3 Å². The maximum atomic E-state index is 15.0. The van der Waals surface area contributed by atoms with Crippen LogP contribution in [0, 0.1) is 6.92 Å². The van der Waals surface area contributed by atoms with Crippen LogP contribution in [0.4, 0.5) is 0 Å². The molecule has 2 N–H and O–H groups in total. The maximum Gasteiger partial charge on any atom is 0.252 e. The number of aryl methyl sites for hydroxylation is 1. The second-order valence-corrected chi connectivity index (χ2v) is 12.2. The first-order valence-corrected chi connectivity index (χ1v) is 15.6.